The van der Waals surface area contributed by atoms with Gasteiger partial charge in [-0.1, -0.05) is 30.7 Å². The Bertz CT molecular complexity index is 1020. The van der Waals surface area contributed by atoms with E-state index in [9.17, 15) is 4.39 Å². The van der Waals surface area contributed by atoms with Crippen LogP contribution < -0.4 is 4.74 Å². The van der Waals surface area contributed by atoms with Crippen molar-refractivity contribution in [2.75, 3.05) is 0 Å². The van der Waals surface area contributed by atoms with Gasteiger partial charge < -0.3 is 4.74 Å². The lowest BCUT2D eigenvalue weighted by molar-refractivity contribution is 0.0317. The lowest BCUT2D eigenvalue weighted by Gasteiger charge is -2.38. The normalized spacial score (nSPS) is 18.3. The highest BCUT2D eigenvalue weighted by molar-refractivity contribution is 6.16. The lowest BCUT2D eigenvalue weighted by atomic mass is 9.89. The first-order valence-electron chi connectivity index (χ1n) is 9.17. The van der Waals surface area contributed by atoms with Gasteiger partial charge in [0.1, 0.15) is 0 Å². The highest BCUT2D eigenvalue weighted by Gasteiger charge is 2.39. The molecule has 0 bridgehead atoms. The molecule has 3 aromatic rings. The summed E-state index contributed by atoms with van der Waals surface area (Å²) in [5.41, 5.74) is 2.69. The van der Waals surface area contributed by atoms with Crippen LogP contribution in [0.25, 0.3) is 10.9 Å². The third-order valence-corrected chi connectivity index (χ3v) is 5.33. The zero-order valence-corrected chi connectivity index (χ0v) is 14.4. The molecule has 1 spiro atoms. The van der Waals surface area contributed by atoms with Crippen LogP contribution in [0.2, 0.25) is 0 Å². The summed E-state index contributed by atoms with van der Waals surface area (Å²) in [5, 5.41) is 1.05. The maximum Gasteiger partial charge on any atom is 0.200 e. The number of hydrogen-bond acceptors (Lipinski definition) is 3. The van der Waals surface area contributed by atoms with Gasteiger partial charge in [-0.25, -0.2) is 9.38 Å². The van der Waals surface area contributed by atoms with Crippen molar-refractivity contribution in [1.82, 2.24) is 4.98 Å². The van der Waals surface area contributed by atoms with Crippen LogP contribution in [-0.4, -0.2) is 16.4 Å². The largest absolute Gasteiger partial charge is 0.462 e. The van der Waals surface area contributed by atoms with Crippen molar-refractivity contribution < 1.29 is 9.13 Å². The molecule has 1 aliphatic carbocycles. The molecule has 1 fully saturated rings. The number of fused-ring (bicyclic) bond motifs is 2. The van der Waals surface area contributed by atoms with Gasteiger partial charge in [-0.15, -0.1) is 0 Å². The lowest BCUT2D eigenvalue weighted by Crippen LogP contribution is -2.41. The molecule has 2 aliphatic rings. The molecule has 0 saturated heterocycles. The Balaban J connectivity index is 1.71. The first-order valence-corrected chi connectivity index (χ1v) is 9.17. The average molecular weight is 346 g/mol. The Labute approximate surface area is 151 Å². The van der Waals surface area contributed by atoms with Gasteiger partial charge in [0.25, 0.3) is 0 Å². The van der Waals surface area contributed by atoms with E-state index >= 15 is 0 Å². The molecule has 0 radical (unpaired) electrons. The molecule has 0 unspecified atom stereocenters. The van der Waals surface area contributed by atoms with Crippen molar-refractivity contribution in [2.45, 2.75) is 37.8 Å². The van der Waals surface area contributed by atoms with Crippen LogP contribution in [0.1, 0.15) is 43.2 Å². The molecule has 0 atom stereocenters. The van der Waals surface area contributed by atoms with Crippen LogP contribution in [0, 0.1) is 5.82 Å². The van der Waals surface area contributed by atoms with Gasteiger partial charge in [0, 0.05) is 35.6 Å². The summed E-state index contributed by atoms with van der Waals surface area (Å²) < 4.78 is 20.7. The first kappa shape index (κ1) is 15.5. The number of para-hydroxylation sites is 2. The number of aromatic nitrogens is 1. The highest BCUT2D eigenvalue weighted by Crippen LogP contribution is 2.41. The van der Waals surface area contributed by atoms with E-state index in [2.05, 4.69) is 11.1 Å². The third kappa shape index (κ3) is 2.48. The number of ether oxygens (including phenoxy) is 1. The Hall–Kier alpha value is -2.75. The Morgan fingerprint density at radius 3 is 2.69 bits per heavy atom. The van der Waals surface area contributed by atoms with E-state index in [0.29, 0.717) is 11.3 Å². The number of rotatable bonds is 1. The number of nitrogens with zero attached hydrogens (tertiary/aromatic N) is 2. The first-order chi connectivity index (χ1) is 12.7. The second-order valence-electron chi connectivity index (χ2n) is 7.10. The zero-order chi connectivity index (χ0) is 17.6. The van der Waals surface area contributed by atoms with Crippen molar-refractivity contribution >= 4 is 16.6 Å². The van der Waals surface area contributed by atoms with E-state index in [4.69, 9.17) is 9.73 Å². The van der Waals surface area contributed by atoms with Crippen LogP contribution in [0.5, 0.6) is 5.75 Å². The van der Waals surface area contributed by atoms with E-state index in [0.717, 1.165) is 47.9 Å². The quantitative estimate of drug-likeness (QED) is 0.602. The molecule has 4 heteroatoms. The number of pyridine rings is 1. The summed E-state index contributed by atoms with van der Waals surface area (Å²) in [6, 6.07) is 15.1. The molecule has 0 N–H and O–H groups in total. The Morgan fingerprint density at radius 2 is 1.81 bits per heavy atom. The molecule has 2 aromatic carbocycles. The second kappa shape index (κ2) is 5.90. The predicted molar refractivity (Wildman–Crippen MR) is 100 cm³/mol. The molecule has 3 nitrogen and oxygen atoms in total. The molecule has 5 rings (SSSR count). The monoisotopic (exact) mass is 346 g/mol. The second-order valence-corrected chi connectivity index (χ2v) is 7.10. The molecule has 130 valence electrons. The van der Waals surface area contributed by atoms with Crippen LogP contribution in [0.3, 0.4) is 0 Å². The Kier molecular flexibility index (Phi) is 3.52. The SMILES string of the molecule is Fc1cccc2c1OC1(CCCCC1)N=C2c1cnc2ccccc2c1. The smallest absolute Gasteiger partial charge is 0.200 e. The van der Waals surface area contributed by atoms with Crippen LogP contribution in [0.15, 0.2) is 59.7 Å². The fourth-order valence-electron chi connectivity index (χ4n) is 4.01. The van der Waals surface area contributed by atoms with E-state index in [-0.39, 0.29) is 5.82 Å². The fourth-order valence-corrected chi connectivity index (χ4v) is 4.01. The van der Waals surface area contributed by atoms with Gasteiger partial charge in [-0.2, -0.15) is 0 Å². The Morgan fingerprint density at radius 1 is 0.962 bits per heavy atom. The van der Waals surface area contributed by atoms with E-state index in [1.165, 1.54) is 12.5 Å². The standard InChI is InChI=1S/C22H19FN2O/c23-18-9-6-8-17-20(16-13-15-7-2-3-10-19(15)24-14-16)25-22(26-21(17)18)11-4-1-5-12-22/h2-3,6-10,13-14H,1,4-5,11-12H2. The number of hydrogen-bond donors (Lipinski definition) is 0. The van der Waals surface area contributed by atoms with Gasteiger partial charge in [0.2, 0.25) is 5.72 Å². The maximum absolute atomic E-state index is 14.6. The van der Waals surface area contributed by atoms with Gasteiger partial charge in [-0.05, 0) is 37.1 Å². The van der Waals surface area contributed by atoms with Crippen LogP contribution >= 0.6 is 0 Å². The summed E-state index contributed by atoms with van der Waals surface area (Å²) in [6.45, 7) is 0. The molecule has 26 heavy (non-hydrogen) atoms. The molecule has 1 aromatic heterocycles. The van der Waals surface area contributed by atoms with Crippen molar-refractivity contribution in [3.63, 3.8) is 0 Å². The van der Waals surface area contributed by atoms with Gasteiger partial charge in [-0.3, -0.25) is 4.98 Å². The topological polar surface area (TPSA) is 34.5 Å². The number of benzene rings is 2. The van der Waals surface area contributed by atoms with Crippen molar-refractivity contribution in [3.8, 4) is 5.75 Å². The molecular weight excluding hydrogens is 327 g/mol. The van der Waals surface area contributed by atoms with Crippen LogP contribution in [-0.2, 0) is 0 Å². The molecule has 2 heterocycles. The maximum atomic E-state index is 14.6. The highest BCUT2D eigenvalue weighted by atomic mass is 19.1. The fraction of sp³-hybridized carbons (Fsp3) is 0.273. The zero-order valence-electron chi connectivity index (χ0n) is 14.4. The van der Waals surface area contributed by atoms with Crippen molar-refractivity contribution in [3.05, 3.63) is 71.7 Å². The molecular formula is C22H19FN2O. The summed E-state index contributed by atoms with van der Waals surface area (Å²) >= 11 is 0. The molecule has 0 amide bonds. The summed E-state index contributed by atoms with van der Waals surface area (Å²) in [6.07, 6.45) is 6.76. The third-order valence-electron chi connectivity index (χ3n) is 5.33. The van der Waals surface area contributed by atoms with Gasteiger partial charge in [0.05, 0.1) is 11.2 Å². The van der Waals surface area contributed by atoms with E-state index in [1.807, 2.05) is 36.5 Å². The minimum absolute atomic E-state index is 0.325. The summed E-state index contributed by atoms with van der Waals surface area (Å²) in [5.74, 6) is 0.00107. The van der Waals surface area contributed by atoms with Crippen molar-refractivity contribution in [2.24, 2.45) is 4.99 Å². The van der Waals surface area contributed by atoms with Gasteiger partial charge in [0.15, 0.2) is 11.6 Å². The summed E-state index contributed by atoms with van der Waals surface area (Å²) in [7, 11) is 0. The van der Waals surface area contributed by atoms with E-state index < -0.39 is 5.72 Å². The predicted octanol–water partition coefficient (Wildman–Crippen LogP) is 5.26. The minimum Gasteiger partial charge on any atom is -0.462 e. The molecule has 1 saturated carbocycles. The number of halogens is 1. The summed E-state index contributed by atoms with van der Waals surface area (Å²) in [4.78, 5) is 9.59. The van der Waals surface area contributed by atoms with E-state index in [1.54, 1.807) is 6.07 Å². The van der Waals surface area contributed by atoms with Crippen molar-refractivity contribution in [1.29, 1.82) is 0 Å². The van der Waals surface area contributed by atoms with Crippen LogP contribution in [0.4, 0.5) is 4.39 Å². The minimum atomic E-state index is -0.644. The van der Waals surface area contributed by atoms with Gasteiger partial charge >= 0.3 is 0 Å². The molecule has 1 aliphatic heterocycles. The number of aliphatic imine (C=N–C) groups is 1. The average Bonchev–Trinajstić information content (AvgIpc) is 2.69.